The molecular formula is C68H52N4S. The number of thiophene rings is 1. The van der Waals surface area contributed by atoms with E-state index in [4.69, 9.17) is 9.97 Å². The maximum Gasteiger partial charge on any atom is 0.231 e. The van der Waals surface area contributed by atoms with Gasteiger partial charge in [0.25, 0.3) is 0 Å². The maximum absolute atomic E-state index is 5.43. The Balaban J connectivity index is 0.842. The van der Waals surface area contributed by atoms with Gasteiger partial charge < -0.3 is 9.80 Å². The summed E-state index contributed by atoms with van der Waals surface area (Å²) in [5.74, 6) is 1.24. The van der Waals surface area contributed by atoms with Crippen LogP contribution in [0.1, 0.15) is 85.0 Å². The van der Waals surface area contributed by atoms with Gasteiger partial charge in [-0.15, -0.1) is 11.3 Å². The first-order chi connectivity index (χ1) is 35.7. The van der Waals surface area contributed by atoms with Crippen LogP contribution in [0.15, 0.2) is 218 Å². The van der Waals surface area contributed by atoms with Gasteiger partial charge in [0.05, 0.1) is 23.5 Å². The van der Waals surface area contributed by atoms with Crippen LogP contribution in [-0.2, 0) is 10.8 Å². The van der Waals surface area contributed by atoms with Crippen molar-refractivity contribution in [1.82, 2.24) is 9.97 Å². The van der Waals surface area contributed by atoms with Crippen LogP contribution in [0.25, 0.3) is 64.9 Å². The molecule has 4 atom stereocenters. The third-order valence-corrected chi connectivity index (χ3v) is 18.3. The smallest absolute Gasteiger partial charge is 0.231 e. The Bertz CT molecular complexity index is 3970. The Labute approximate surface area is 430 Å². The number of anilines is 4. The number of rotatable bonds is 6. The highest BCUT2D eigenvalue weighted by molar-refractivity contribution is 7.25. The number of para-hydroxylation sites is 1. The second-order valence-corrected chi connectivity index (χ2v) is 22.9. The summed E-state index contributed by atoms with van der Waals surface area (Å²) in [5, 5.41) is 2.61. The molecule has 15 rings (SSSR count). The fourth-order valence-electron chi connectivity index (χ4n) is 13.9. The van der Waals surface area contributed by atoms with Crippen LogP contribution in [0.2, 0.25) is 0 Å². The zero-order valence-corrected chi connectivity index (χ0v) is 42.1. The molecule has 5 heteroatoms. The van der Waals surface area contributed by atoms with Gasteiger partial charge in [0.15, 0.2) is 0 Å². The molecule has 0 radical (unpaired) electrons. The Hall–Kier alpha value is -8.12. The quantitative estimate of drug-likeness (QED) is 0.166. The van der Waals surface area contributed by atoms with Gasteiger partial charge in [-0.1, -0.05) is 179 Å². The highest BCUT2D eigenvalue weighted by atomic mass is 32.1. The van der Waals surface area contributed by atoms with Crippen LogP contribution < -0.4 is 9.80 Å². The summed E-state index contributed by atoms with van der Waals surface area (Å²) in [4.78, 5) is 15.9. The van der Waals surface area contributed by atoms with Crippen molar-refractivity contribution in [3.05, 3.63) is 252 Å². The van der Waals surface area contributed by atoms with Crippen molar-refractivity contribution in [3.63, 3.8) is 0 Å². The number of fused-ring (bicyclic) bond motifs is 13. The maximum atomic E-state index is 5.43. The molecule has 0 fully saturated rings. The average molecular weight is 957 g/mol. The van der Waals surface area contributed by atoms with Gasteiger partial charge in [0, 0.05) is 60.2 Å². The molecular weight excluding hydrogens is 905 g/mol. The van der Waals surface area contributed by atoms with Gasteiger partial charge in [0.1, 0.15) is 0 Å². The van der Waals surface area contributed by atoms with Crippen molar-refractivity contribution in [1.29, 1.82) is 0 Å². The summed E-state index contributed by atoms with van der Waals surface area (Å²) in [6.45, 7) is 9.76. The lowest BCUT2D eigenvalue weighted by Gasteiger charge is -2.30. The Morgan fingerprint density at radius 1 is 0.370 bits per heavy atom. The second-order valence-electron chi connectivity index (χ2n) is 21.8. The van der Waals surface area contributed by atoms with E-state index in [9.17, 15) is 0 Å². The van der Waals surface area contributed by atoms with Crippen molar-refractivity contribution in [2.45, 2.75) is 62.4 Å². The minimum atomic E-state index is -0.137. The summed E-state index contributed by atoms with van der Waals surface area (Å²) in [5.41, 5.74) is 21.0. The van der Waals surface area contributed by atoms with Crippen LogP contribution in [0, 0.1) is 0 Å². The highest BCUT2D eigenvalue weighted by Gasteiger charge is 2.56. The number of hydrogen-bond donors (Lipinski definition) is 0. The normalized spacial score (nSPS) is 19.4. The van der Waals surface area contributed by atoms with Crippen LogP contribution in [0.3, 0.4) is 0 Å². The van der Waals surface area contributed by atoms with E-state index in [1.807, 2.05) is 11.3 Å². The molecule has 0 amide bonds. The Morgan fingerprint density at radius 2 is 0.781 bits per heavy atom. The fraction of sp³-hybridized carbons (Fsp3) is 0.147. The molecule has 0 bridgehead atoms. The molecule has 2 aliphatic carbocycles. The van der Waals surface area contributed by atoms with E-state index >= 15 is 0 Å². The van der Waals surface area contributed by atoms with Gasteiger partial charge in [0.2, 0.25) is 5.95 Å². The predicted octanol–water partition coefficient (Wildman–Crippen LogP) is 18.0. The standard InChI is InChI=1S/C68H52N4S/c1-67(2)54-26-16-14-24-48(54)64-62(67)52-38-43(28-32-58(52)71(64)47-22-12-7-13-23-47)45-30-34-60-50(36-45)51-37-46(31-35-61(51)73-60)44-29-33-59-53(39-44)63-65(49-25-15-17-27-55(49)68(63,3)4)72(59)66-69-56(41-18-8-5-9-19-41)40-57(70-66)42-20-10-6-11-21-42/h5-40,62-65H,1-4H3. The van der Waals surface area contributed by atoms with E-state index in [1.165, 1.54) is 92.9 Å². The van der Waals surface area contributed by atoms with E-state index in [0.717, 1.165) is 28.5 Å². The lowest BCUT2D eigenvalue weighted by atomic mass is 9.74. The van der Waals surface area contributed by atoms with Crippen molar-refractivity contribution >= 4 is 54.5 Å². The first-order valence-electron chi connectivity index (χ1n) is 25.8. The lowest BCUT2D eigenvalue weighted by molar-refractivity contribution is 0.419. The topological polar surface area (TPSA) is 32.3 Å². The van der Waals surface area contributed by atoms with E-state index < -0.39 is 0 Å². The molecule has 9 aromatic carbocycles. The van der Waals surface area contributed by atoms with E-state index in [2.05, 4.69) is 256 Å². The molecule has 4 unspecified atom stereocenters. The molecule has 0 N–H and O–H groups in total. The average Bonchev–Trinajstić information content (AvgIpc) is 4.22. The molecule has 0 saturated carbocycles. The number of hydrogen-bond acceptors (Lipinski definition) is 5. The van der Waals surface area contributed by atoms with Crippen LogP contribution in [0.5, 0.6) is 0 Å². The van der Waals surface area contributed by atoms with Crippen molar-refractivity contribution < 1.29 is 0 Å². The molecule has 4 heterocycles. The van der Waals surface area contributed by atoms with Crippen molar-refractivity contribution in [2.75, 3.05) is 9.80 Å². The van der Waals surface area contributed by atoms with E-state index in [0.29, 0.717) is 5.92 Å². The third-order valence-electron chi connectivity index (χ3n) is 17.2. The Morgan fingerprint density at radius 3 is 1.29 bits per heavy atom. The first-order valence-corrected chi connectivity index (χ1v) is 26.6. The molecule has 73 heavy (non-hydrogen) atoms. The minimum absolute atomic E-state index is 0.0244. The zero-order valence-electron chi connectivity index (χ0n) is 41.3. The lowest BCUT2D eigenvalue weighted by Crippen LogP contribution is -2.26. The number of aromatic nitrogens is 2. The predicted molar refractivity (Wildman–Crippen MR) is 304 cm³/mol. The fourth-order valence-corrected chi connectivity index (χ4v) is 14.9. The summed E-state index contributed by atoms with van der Waals surface area (Å²) in [6, 6.07) is 81.3. The third kappa shape index (κ3) is 6.25. The molecule has 4 nitrogen and oxygen atoms in total. The largest absolute Gasteiger partial charge is 0.333 e. The minimum Gasteiger partial charge on any atom is -0.333 e. The van der Waals surface area contributed by atoms with Gasteiger partial charge in [-0.05, 0) is 133 Å². The van der Waals surface area contributed by atoms with Gasteiger partial charge in [-0.3, -0.25) is 0 Å². The summed E-state index contributed by atoms with van der Waals surface area (Å²) in [6.07, 6.45) is 0. The van der Waals surface area contributed by atoms with Crippen LogP contribution >= 0.6 is 11.3 Å². The number of benzene rings is 9. The first kappa shape index (κ1) is 42.6. The molecule has 2 aromatic heterocycles. The number of nitrogens with zero attached hydrogens (tertiary/aromatic N) is 4. The Kier molecular flexibility index (Phi) is 9.15. The van der Waals surface area contributed by atoms with Gasteiger partial charge in [-0.2, -0.15) is 0 Å². The van der Waals surface area contributed by atoms with Crippen molar-refractivity contribution in [3.8, 4) is 44.8 Å². The second kappa shape index (κ2) is 15.7. The monoisotopic (exact) mass is 956 g/mol. The summed E-state index contributed by atoms with van der Waals surface area (Å²) < 4.78 is 2.62. The molecule has 0 spiro atoms. The molecule has 11 aromatic rings. The van der Waals surface area contributed by atoms with E-state index in [1.54, 1.807) is 0 Å². The van der Waals surface area contributed by atoms with Gasteiger partial charge in [-0.25, -0.2) is 9.97 Å². The highest BCUT2D eigenvalue weighted by Crippen LogP contribution is 2.66. The van der Waals surface area contributed by atoms with E-state index in [-0.39, 0.29) is 28.8 Å². The summed E-state index contributed by atoms with van der Waals surface area (Å²) in [7, 11) is 0. The molecule has 350 valence electrons. The van der Waals surface area contributed by atoms with Crippen molar-refractivity contribution in [2.24, 2.45) is 0 Å². The molecule has 4 aliphatic rings. The molecule has 0 saturated heterocycles. The SMILES string of the molecule is CC1(C)c2ccccc2C2C1c1cc(-c3ccc4sc5ccc(-c6ccc7c(c6)C6C(c8ccccc8C6(C)C)N7c6nc(-c7ccccc7)cc(-c7ccccc7)n6)cc5c4c3)ccc1N2c1ccccc1. The zero-order chi connectivity index (χ0) is 48.7. The molecule has 2 aliphatic heterocycles. The van der Waals surface area contributed by atoms with Crippen LogP contribution in [0.4, 0.5) is 23.0 Å². The van der Waals surface area contributed by atoms with Crippen LogP contribution in [-0.4, -0.2) is 9.97 Å². The summed E-state index contributed by atoms with van der Waals surface area (Å²) >= 11 is 1.89. The van der Waals surface area contributed by atoms with Gasteiger partial charge >= 0.3 is 0 Å².